The van der Waals surface area contributed by atoms with Crippen molar-refractivity contribution in [1.82, 2.24) is 15.1 Å². The molecule has 1 N–H and O–H groups in total. The molecule has 0 fully saturated rings. The van der Waals surface area contributed by atoms with Crippen LogP contribution >= 0.6 is 0 Å². The Bertz CT molecular complexity index is 1150. The molecule has 0 aliphatic carbocycles. The largest absolute Gasteiger partial charge is 0.497 e. The van der Waals surface area contributed by atoms with Gasteiger partial charge < -0.3 is 19.1 Å². The fourth-order valence-corrected chi connectivity index (χ4v) is 4.45. The maximum Gasteiger partial charge on any atom is 0.273 e. The van der Waals surface area contributed by atoms with Crippen molar-refractivity contribution in [1.29, 1.82) is 0 Å². The first-order chi connectivity index (χ1) is 17.0. The Morgan fingerprint density at radius 1 is 1.06 bits per heavy atom. The molecule has 1 aliphatic heterocycles. The minimum absolute atomic E-state index is 0.0260. The molecular weight excluding hydrogens is 442 g/mol. The van der Waals surface area contributed by atoms with E-state index in [-0.39, 0.29) is 11.9 Å². The van der Waals surface area contributed by atoms with Crippen LogP contribution in [-0.2, 0) is 0 Å². The molecule has 7 heteroatoms. The summed E-state index contributed by atoms with van der Waals surface area (Å²) in [4.78, 5) is 15.4. The molecule has 1 unspecified atom stereocenters. The number of methoxy groups -OCH3 is 2. The van der Waals surface area contributed by atoms with Gasteiger partial charge in [-0.2, -0.15) is 5.10 Å². The molecule has 35 heavy (non-hydrogen) atoms. The minimum atomic E-state index is -0.265. The SMILES string of the molecule is CCCCN1C(=O)c2[nH]nc(-c3ccc(OC)cc3)c2C1c1ccc(OCCC(C)C)c(OC)c1. The lowest BCUT2D eigenvalue weighted by atomic mass is 9.95. The summed E-state index contributed by atoms with van der Waals surface area (Å²) in [6.45, 7) is 7.78. The molecule has 0 spiro atoms. The van der Waals surface area contributed by atoms with Crippen molar-refractivity contribution in [2.24, 2.45) is 5.92 Å². The Balaban J connectivity index is 1.75. The van der Waals surface area contributed by atoms with Crippen LogP contribution in [0.4, 0.5) is 0 Å². The van der Waals surface area contributed by atoms with Crippen molar-refractivity contribution in [3.05, 3.63) is 59.3 Å². The Kier molecular flexibility index (Phi) is 7.63. The van der Waals surface area contributed by atoms with Crippen LogP contribution in [0.25, 0.3) is 11.3 Å². The average Bonchev–Trinajstić information content (AvgIpc) is 3.41. The lowest BCUT2D eigenvalue weighted by Crippen LogP contribution is -2.30. The number of H-pyrrole nitrogens is 1. The van der Waals surface area contributed by atoms with Gasteiger partial charge in [-0.15, -0.1) is 0 Å². The van der Waals surface area contributed by atoms with Crippen LogP contribution in [0.2, 0.25) is 0 Å². The number of hydrogen-bond donors (Lipinski definition) is 1. The van der Waals surface area contributed by atoms with E-state index in [1.807, 2.05) is 47.4 Å². The number of benzene rings is 2. The second-order valence-corrected chi connectivity index (χ2v) is 9.29. The second kappa shape index (κ2) is 10.8. The first-order valence-corrected chi connectivity index (χ1v) is 12.3. The molecule has 7 nitrogen and oxygen atoms in total. The number of unbranched alkanes of at least 4 members (excludes halogenated alkanes) is 1. The number of fused-ring (bicyclic) bond motifs is 1. The topological polar surface area (TPSA) is 76.7 Å². The van der Waals surface area contributed by atoms with Gasteiger partial charge in [-0.05, 0) is 60.7 Å². The number of hydrogen-bond acceptors (Lipinski definition) is 5. The third-order valence-electron chi connectivity index (χ3n) is 6.44. The molecule has 1 aromatic heterocycles. The lowest BCUT2D eigenvalue weighted by Gasteiger charge is -2.27. The maximum atomic E-state index is 13.4. The molecule has 4 rings (SSSR count). The molecule has 2 aromatic carbocycles. The number of carbonyl (C=O) groups is 1. The third kappa shape index (κ3) is 4.99. The maximum absolute atomic E-state index is 13.4. The zero-order valence-corrected chi connectivity index (χ0v) is 21.3. The van der Waals surface area contributed by atoms with E-state index in [0.717, 1.165) is 47.4 Å². The molecule has 1 aliphatic rings. The Labute approximate surface area is 207 Å². The number of carbonyl (C=O) groups excluding carboxylic acids is 1. The monoisotopic (exact) mass is 477 g/mol. The molecule has 0 saturated heterocycles. The van der Waals surface area contributed by atoms with E-state index in [4.69, 9.17) is 14.2 Å². The highest BCUT2D eigenvalue weighted by Crippen LogP contribution is 2.44. The summed E-state index contributed by atoms with van der Waals surface area (Å²) < 4.78 is 17.0. The number of rotatable bonds is 11. The number of nitrogens with one attached hydrogen (secondary N) is 1. The van der Waals surface area contributed by atoms with Crippen LogP contribution in [0.1, 0.15) is 67.7 Å². The third-order valence-corrected chi connectivity index (χ3v) is 6.44. The zero-order chi connectivity index (χ0) is 24.9. The van der Waals surface area contributed by atoms with Crippen molar-refractivity contribution in [2.75, 3.05) is 27.4 Å². The predicted molar refractivity (Wildman–Crippen MR) is 136 cm³/mol. The van der Waals surface area contributed by atoms with Crippen molar-refractivity contribution < 1.29 is 19.0 Å². The summed E-state index contributed by atoms with van der Waals surface area (Å²) in [5, 5.41) is 7.57. The molecule has 0 radical (unpaired) electrons. The van der Waals surface area contributed by atoms with Crippen LogP contribution < -0.4 is 14.2 Å². The molecule has 186 valence electrons. The fourth-order valence-electron chi connectivity index (χ4n) is 4.45. The summed E-state index contributed by atoms with van der Waals surface area (Å²) in [7, 11) is 3.29. The van der Waals surface area contributed by atoms with Crippen LogP contribution in [0.5, 0.6) is 17.2 Å². The molecular formula is C28H35N3O4. The fraction of sp³-hybridized carbons (Fsp3) is 0.429. The van der Waals surface area contributed by atoms with Gasteiger partial charge in [0.1, 0.15) is 11.4 Å². The molecule has 3 aromatic rings. The molecule has 0 saturated carbocycles. The average molecular weight is 478 g/mol. The second-order valence-electron chi connectivity index (χ2n) is 9.29. The number of amides is 1. The van der Waals surface area contributed by atoms with Crippen molar-refractivity contribution in [2.45, 2.75) is 46.1 Å². The molecule has 1 amide bonds. The van der Waals surface area contributed by atoms with Crippen molar-refractivity contribution >= 4 is 5.91 Å². The minimum Gasteiger partial charge on any atom is -0.497 e. The van der Waals surface area contributed by atoms with E-state index in [0.29, 0.717) is 36.3 Å². The first kappa shape index (κ1) is 24.6. The number of nitrogens with zero attached hydrogens (tertiary/aromatic N) is 2. The van der Waals surface area contributed by atoms with E-state index in [9.17, 15) is 4.79 Å². The highest BCUT2D eigenvalue weighted by Gasteiger charge is 2.42. The van der Waals surface area contributed by atoms with Crippen LogP contribution in [0, 0.1) is 5.92 Å². The summed E-state index contributed by atoms with van der Waals surface area (Å²) >= 11 is 0. The van der Waals surface area contributed by atoms with Gasteiger partial charge in [0.25, 0.3) is 5.91 Å². The van der Waals surface area contributed by atoms with Gasteiger partial charge in [0, 0.05) is 17.7 Å². The van der Waals surface area contributed by atoms with Crippen LogP contribution in [-0.4, -0.2) is 48.4 Å². The summed E-state index contributed by atoms with van der Waals surface area (Å²) in [5.74, 6) is 2.69. The van der Waals surface area contributed by atoms with Crippen molar-refractivity contribution in [3.8, 4) is 28.5 Å². The van der Waals surface area contributed by atoms with E-state index in [2.05, 4.69) is 31.0 Å². The van der Waals surface area contributed by atoms with Gasteiger partial charge in [0.15, 0.2) is 11.5 Å². The standard InChI is InChI=1S/C28H35N3O4/c1-6-7-15-31-27(20-10-13-22(23(17-20)34-5)35-16-14-18(2)3)24-25(29-30-26(24)28(31)32)19-8-11-21(33-4)12-9-19/h8-13,17-18,27H,6-7,14-16H2,1-5H3,(H,29,30). The zero-order valence-electron chi connectivity index (χ0n) is 21.3. The Morgan fingerprint density at radius 2 is 1.83 bits per heavy atom. The number of aromatic amines is 1. The van der Waals surface area contributed by atoms with Gasteiger partial charge in [-0.25, -0.2) is 0 Å². The normalized spacial score (nSPS) is 15.0. The smallest absolute Gasteiger partial charge is 0.273 e. The van der Waals surface area contributed by atoms with Crippen molar-refractivity contribution in [3.63, 3.8) is 0 Å². The van der Waals surface area contributed by atoms with E-state index < -0.39 is 0 Å². The van der Waals surface area contributed by atoms with Gasteiger partial charge in [-0.3, -0.25) is 9.89 Å². The first-order valence-electron chi connectivity index (χ1n) is 12.3. The summed E-state index contributed by atoms with van der Waals surface area (Å²) in [6.07, 6.45) is 2.89. The molecule has 2 heterocycles. The van der Waals surface area contributed by atoms with E-state index >= 15 is 0 Å². The van der Waals surface area contributed by atoms with Gasteiger partial charge in [0.05, 0.1) is 32.6 Å². The summed E-state index contributed by atoms with van der Waals surface area (Å²) in [6, 6.07) is 13.5. The summed E-state index contributed by atoms with van der Waals surface area (Å²) in [5.41, 5.74) is 4.12. The quantitative estimate of drug-likeness (QED) is 0.374. The Morgan fingerprint density at radius 3 is 2.49 bits per heavy atom. The Hall–Kier alpha value is -3.48. The van der Waals surface area contributed by atoms with Gasteiger partial charge in [0.2, 0.25) is 0 Å². The highest BCUT2D eigenvalue weighted by atomic mass is 16.5. The van der Waals surface area contributed by atoms with Gasteiger partial charge in [-0.1, -0.05) is 33.3 Å². The lowest BCUT2D eigenvalue weighted by molar-refractivity contribution is 0.0741. The predicted octanol–water partition coefficient (Wildman–Crippen LogP) is 5.86. The van der Waals surface area contributed by atoms with Gasteiger partial charge >= 0.3 is 0 Å². The van der Waals surface area contributed by atoms with Crippen LogP contribution in [0.15, 0.2) is 42.5 Å². The van der Waals surface area contributed by atoms with E-state index in [1.165, 1.54) is 0 Å². The van der Waals surface area contributed by atoms with E-state index in [1.54, 1.807) is 14.2 Å². The molecule has 0 bridgehead atoms. The highest BCUT2D eigenvalue weighted by molar-refractivity contribution is 6.00. The number of ether oxygens (including phenoxy) is 3. The number of aromatic nitrogens is 2. The van der Waals surface area contributed by atoms with Crippen LogP contribution in [0.3, 0.4) is 0 Å². The molecule has 1 atom stereocenters.